The summed E-state index contributed by atoms with van der Waals surface area (Å²) < 4.78 is 5.13. The highest BCUT2D eigenvalue weighted by atomic mass is 32.2. The number of carbonyl (C=O) groups is 2. The van der Waals surface area contributed by atoms with E-state index in [-0.39, 0.29) is 11.7 Å². The molecule has 3 N–H and O–H groups in total. The SMILES string of the molecule is COc1cccc(NC(=O)CSc2nc(C)c(C)c(C)c2C(N)=O)c1. The largest absolute Gasteiger partial charge is 0.497 e. The Labute approximate surface area is 151 Å². The molecule has 6 nitrogen and oxygen atoms in total. The molecule has 0 spiro atoms. The van der Waals surface area contributed by atoms with Gasteiger partial charge in [0.15, 0.2) is 0 Å². The number of hydrogen-bond donors (Lipinski definition) is 2. The van der Waals surface area contributed by atoms with Gasteiger partial charge in [-0.1, -0.05) is 17.8 Å². The second-order valence-electron chi connectivity index (χ2n) is 5.56. The van der Waals surface area contributed by atoms with Crippen LogP contribution in [-0.2, 0) is 4.79 Å². The van der Waals surface area contributed by atoms with Crippen LogP contribution in [0.1, 0.15) is 27.2 Å². The highest BCUT2D eigenvalue weighted by molar-refractivity contribution is 8.00. The van der Waals surface area contributed by atoms with Crippen molar-refractivity contribution < 1.29 is 14.3 Å². The van der Waals surface area contributed by atoms with E-state index >= 15 is 0 Å². The van der Waals surface area contributed by atoms with E-state index in [1.54, 1.807) is 31.4 Å². The monoisotopic (exact) mass is 359 g/mol. The number of nitrogens with one attached hydrogen (secondary N) is 1. The van der Waals surface area contributed by atoms with Gasteiger partial charge in [-0.15, -0.1) is 0 Å². The Bertz CT molecular complexity index is 821. The number of benzene rings is 1. The molecule has 2 amide bonds. The number of amides is 2. The molecule has 0 radical (unpaired) electrons. The highest BCUT2D eigenvalue weighted by Gasteiger charge is 2.18. The number of carbonyl (C=O) groups excluding carboxylic acids is 2. The summed E-state index contributed by atoms with van der Waals surface area (Å²) in [6.07, 6.45) is 0. The third-order valence-corrected chi connectivity index (χ3v) is 4.88. The molecule has 0 fully saturated rings. The maximum absolute atomic E-state index is 12.2. The molecule has 0 aliphatic carbocycles. The first-order valence-electron chi connectivity index (χ1n) is 7.67. The molecule has 0 atom stereocenters. The molecule has 2 aromatic rings. The van der Waals surface area contributed by atoms with Gasteiger partial charge in [0.25, 0.3) is 5.91 Å². The molecular formula is C18H21N3O3S. The van der Waals surface area contributed by atoms with Crippen LogP contribution in [0.15, 0.2) is 29.3 Å². The average molecular weight is 359 g/mol. The smallest absolute Gasteiger partial charge is 0.251 e. The highest BCUT2D eigenvalue weighted by Crippen LogP contribution is 2.27. The minimum Gasteiger partial charge on any atom is -0.497 e. The lowest BCUT2D eigenvalue weighted by Crippen LogP contribution is -2.18. The second kappa shape index (κ2) is 8.02. The number of aromatic nitrogens is 1. The number of methoxy groups -OCH3 is 1. The lowest BCUT2D eigenvalue weighted by molar-refractivity contribution is -0.113. The van der Waals surface area contributed by atoms with Crippen LogP contribution >= 0.6 is 11.8 Å². The molecule has 0 aliphatic rings. The zero-order valence-electron chi connectivity index (χ0n) is 14.7. The molecule has 0 saturated carbocycles. The standard InChI is InChI=1S/C18H21N3O3S/c1-10-11(2)16(17(19)23)18(20-12(10)3)25-9-15(22)21-13-6-5-7-14(8-13)24-4/h5-8H,9H2,1-4H3,(H2,19,23)(H,21,22). The zero-order chi connectivity index (χ0) is 18.6. The van der Waals surface area contributed by atoms with E-state index < -0.39 is 5.91 Å². The summed E-state index contributed by atoms with van der Waals surface area (Å²) in [6, 6.07) is 7.10. The molecule has 132 valence electrons. The molecule has 1 heterocycles. The lowest BCUT2D eigenvalue weighted by atomic mass is 10.0. The van der Waals surface area contributed by atoms with Crippen LogP contribution in [0, 0.1) is 20.8 Å². The Morgan fingerprint density at radius 1 is 1.24 bits per heavy atom. The molecule has 2 rings (SSSR count). The predicted molar refractivity (Wildman–Crippen MR) is 99.3 cm³/mol. The van der Waals surface area contributed by atoms with Gasteiger partial charge in [-0.05, 0) is 44.0 Å². The van der Waals surface area contributed by atoms with Gasteiger partial charge in [-0.3, -0.25) is 9.59 Å². The van der Waals surface area contributed by atoms with Gasteiger partial charge in [-0.2, -0.15) is 0 Å². The molecule has 0 unspecified atom stereocenters. The summed E-state index contributed by atoms with van der Waals surface area (Å²) in [5, 5.41) is 3.27. The fraction of sp³-hybridized carbons (Fsp3) is 0.278. The van der Waals surface area contributed by atoms with E-state index in [1.165, 1.54) is 11.8 Å². The summed E-state index contributed by atoms with van der Waals surface area (Å²) >= 11 is 1.19. The first kappa shape index (κ1) is 18.8. The van der Waals surface area contributed by atoms with E-state index in [2.05, 4.69) is 10.3 Å². The molecule has 0 aliphatic heterocycles. The predicted octanol–water partition coefficient (Wildman–Crippen LogP) is 2.85. The van der Waals surface area contributed by atoms with Gasteiger partial charge in [0.1, 0.15) is 10.8 Å². The van der Waals surface area contributed by atoms with Gasteiger partial charge in [0.05, 0.1) is 18.4 Å². The molecular weight excluding hydrogens is 338 g/mol. The Morgan fingerprint density at radius 3 is 2.60 bits per heavy atom. The van der Waals surface area contributed by atoms with E-state index in [9.17, 15) is 9.59 Å². The van der Waals surface area contributed by atoms with E-state index in [4.69, 9.17) is 10.5 Å². The van der Waals surface area contributed by atoms with Crippen LogP contribution in [0.2, 0.25) is 0 Å². The van der Waals surface area contributed by atoms with Crippen LogP contribution in [0.25, 0.3) is 0 Å². The fourth-order valence-electron chi connectivity index (χ4n) is 2.34. The molecule has 1 aromatic carbocycles. The first-order chi connectivity index (χ1) is 11.8. The van der Waals surface area contributed by atoms with E-state index in [0.29, 0.717) is 22.0 Å². The maximum atomic E-state index is 12.2. The van der Waals surface area contributed by atoms with Crippen molar-refractivity contribution in [1.82, 2.24) is 4.98 Å². The van der Waals surface area contributed by atoms with Gasteiger partial charge >= 0.3 is 0 Å². The number of ether oxygens (including phenoxy) is 1. The quantitative estimate of drug-likeness (QED) is 0.774. The van der Waals surface area contributed by atoms with Crippen molar-refractivity contribution in [2.75, 3.05) is 18.2 Å². The van der Waals surface area contributed by atoms with Crippen molar-refractivity contribution in [2.24, 2.45) is 5.73 Å². The number of hydrogen-bond acceptors (Lipinski definition) is 5. The number of aryl methyl sites for hydroxylation is 1. The number of pyridine rings is 1. The third kappa shape index (κ3) is 4.51. The molecule has 7 heteroatoms. The number of nitrogens with zero attached hydrogens (tertiary/aromatic N) is 1. The number of primary amides is 1. The van der Waals surface area contributed by atoms with Gasteiger partial charge in [0.2, 0.25) is 5.91 Å². The average Bonchev–Trinajstić information content (AvgIpc) is 2.57. The normalized spacial score (nSPS) is 10.4. The van der Waals surface area contributed by atoms with Crippen LogP contribution in [-0.4, -0.2) is 29.7 Å². The lowest BCUT2D eigenvalue weighted by Gasteiger charge is -2.13. The molecule has 1 aromatic heterocycles. The van der Waals surface area contributed by atoms with Crippen molar-refractivity contribution in [3.63, 3.8) is 0 Å². The fourth-order valence-corrected chi connectivity index (χ4v) is 3.28. The summed E-state index contributed by atoms with van der Waals surface area (Å²) in [4.78, 5) is 28.4. The minimum absolute atomic E-state index is 0.117. The van der Waals surface area contributed by atoms with Crippen LogP contribution in [0.5, 0.6) is 5.75 Å². The van der Waals surface area contributed by atoms with Crippen LogP contribution in [0.3, 0.4) is 0 Å². The van der Waals surface area contributed by atoms with Crippen LogP contribution in [0.4, 0.5) is 5.69 Å². The van der Waals surface area contributed by atoms with Crippen LogP contribution < -0.4 is 15.8 Å². The first-order valence-corrected chi connectivity index (χ1v) is 8.66. The topological polar surface area (TPSA) is 94.3 Å². The van der Waals surface area contributed by atoms with Crippen molar-refractivity contribution in [1.29, 1.82) is 0 Å². The number of anilines is 1. The Morgan fingerprint density at radius 2 is 1.96 bits per heavy atom. The third-order valence-electron chi connectivity index (χ3n) is 3.90. The Kier molecular flexibility index (Phi) is 6.03. The summed E-state index contributed by atoms with van der Waals surface area (Å²) in [7, 11) is 1.57. The second-order valence-corrected chi connectivity index (χ2v) is 6.52. The van der Waals surface area contributed by atoms with E-state index in [0.717, 1.165) is 16.8 Å². The molecule has 25 heavy (non-hydrogen) atoms. The zero-order valence-corrected chi connectivity index (χ0v) is 15.5. The Hall–Kier alpha value is -2.54. The van der Waals surface area contributed by atoms with Crippen molar-refractivity contribution in [2.45, 2.75) is 25.8 Å². The molecule has 0 bridgehead atoms. The number of rotatable bonds is 6. The van der Waals surface area contributed by atoms with Crippen molar-refractivity contribution in [3.05, 3.63) is 46.6 Å². The van der Waals surface area contributed by atoms with Crippen molar-refractivity contribution in [3.8, 4) is 5.75 Å². The Balaban J connectivity index is 2.12. The molecule has 0 saturated heterocycles. The number of thioether (sulfide) groups is 1. The minimum atomic E-state index is -0.538. The van der Waals surface area contributed by atoms with Gasteiger partial charge in [-0.25, -0.2) is 4.98 Å². The van der Waals surface area contributed by atoms with E-state index in [1.807, 2.05) is 20.8 Å². The summed E-state index contributed by atoms with van der Waals surface area (Å²) in [6.45, 7) is 5.60. The van der Waals surface area contributed by atoms with Crippen molar-refractivity contribution >= 4 is 29.3 Å². The summed E-state index contributed by atoms with van der Waals surface area (Å²) in [5.41, 5.74) is 9.06. The number of nitrogens with two attached hydrogens (primary N) is 1. The van der Waals surface area contributed by atoms with Gasteiger partial charge < -0.3 is 15.8 Å². The maximum Gasteiger partial charge on any atom is 0.251 e. The van der Waals surface area contributed by atoms with Gasteiger partial charge in [0, 0.05) is 17.4 Å². The summed E-state index contributed by atoms with van der Waals surface area (Å²) in [5.74, 6) is 0.0370.